The van der Waals surface area contributed by atoms with Crippen molar-refractivity contribution < 1.29 is 4.42 Å². The van der Waals surface area contributed by atoms with Gasteiger partial charge in [-0.1, -0.05) is 152 Å². The molecule has 2 aromatic heterocycles. The Labute approximate surface area is 289 Å². The Morgan fingerprint density at radius 1 is 0.400 bits per heavy atom. The first-order chi connectivity index (χ1) is 24.8. The minimum atomic E-state index is -0.434. The molecule has 0 fully saturated rings. The van der Waals surface area contributed by atoms with Crippen LogP contribution in [0.4, 0.5) is 0 Å². The van der Waals surface area contributed by atoms with Gasteiger partial charge in [-0.25, -0.2) is 9.97 Å². The van der Waals surface area contributed by atoms with Crippen LogP contribution in [0.25, 0.3) is 78.1 Å². The van der Waals surface area contributed by atoms with Crippen molar-refractivity contribution in [2.45, 2.75) is 5.41 Å². The molecule has 11 rings (SSSR count). The smallest absolute Gasteiger partial charge is 0.161 e. The summed E-state index contributed by atoms with van der Waals surface area (Å²) < 4.78 is 6.31. The molecule has 2 heterocycles. The summed E-state index contributed by atoms with van der Waals surface area (Å²) in [5, 5.41) is 2.14. The van der Waals surface area contributed by atoms with E-state index in [-0.39, 0.29) is 0 Å². The number of hydrogen-bond acceptors (Lipinski definition) is 3. The van der Waals surface area contributed by atoms with Crippen molar-refractivity contribution in [2.75, 3.05) is 0 Å². The fourth-order valence-corrected chi connectivity index (χ4v) is 8.78. The lowest BCUT2D eigenvalue weighted by molar-refractivity contribution is 0.669. The zero-order chi connectivity index (χ0) is 32.8. The van der Waals surface area contributed by atoms with Gasteiger partial charge >= 0.3 is 0 Å². The van der Waals surface area contributed by atoms with Gasteiger partial charge in [0.2, 0.25) is 0 Å². The molecule has 0 aliphatic heterocycles. The summed E-state index contributed by atoms with van der Waals surface area (Å²) in [6.07, 6.45) is 0. The molecule has 0 atom stereocenters. The van der Waals surface area contributed by atoms with Crippen molar-refractivity contribution in [3.05, 3.63) is 192 Å². The molecule has 0 N–H and O–H groups in total. The van der Waals surface area contributed by atoms with Gasteiger partial charge < -0.3 is 4.42 Å². The first kappa shape index (κ1) is 27.4. The van der Waals surface area contributed by atoms with Crippen LogP contribution in [0.5, 0.6) is 0 Å². The molecule has 9 aromatic rings. The van der Waals surface area contributed by atoms with Crippen LogP contribution in [0, 0.1) is 0 Å². The van der Waals surface area contributed by atoms with Crippen molar-refractivity contribution in [2.24, 2.45) is 0 Å². The maximum atomic E-state index is 6.31. The van der Waals surface area contributed by atoms with Crippen molar-refractivity contribution in [3.63, 3.8) is 0 Å². The topological polar surface area (TPSA) is 38.9 Å². The number of benzene rings is 7. The number of furan rings is 1. The predicted octanol–water partition coefficient (Wildman–Crippen LogP) is 11.7. The second-order valence-corrected chi connectivity index (χ2v) is 13.2. The van der Waals surface area contributed by atoms with E-state index >= 15 is 0 Å². The standard InChI is InChI=1S/C47H28N2O/c1-2-14-29(15-3-1)40-28-41(33-20-13-27-43-45(33)34-19-7-11-26-42(34)50-43)49-46(48-40)35-21-12-25-39-44(35)32-18-6-10-24-38(32)47(39)36-22-8-4-16-30(36)31-17-5-9-23-37(31)47/h1-28H. The molecule has 50 heavy (non-hydrogen) atoms. The van der Waals surface area contributed by atoms with Crippen molar-refractivity contribution in [1.82, 2.24) is 9.97 Å². The van der Waals surface area contributed by atoms with Crippen molar-refractivity contribution in [1.29, 1.82) is 0 Å². The number of fused-ring (bicyclic) bond motifs is 13. The molecule has 0 unspecified atom stereocenters. The number of aromatic nitrogens is 2. The van der Waals surface area contributed by atoms with E-state index in [9.17, 15) is 0 Å². The lowest BCUT2D eigenvalue weighted by Gasteiger charge is -2.30. The van der Waals surface area contributed by atoms with Crippen LogP contribution in [-0.4, -0.2) is 9.97 Å². The van der Waals surface area contributed by atoms with Gasteiger partial charge in [0.25, 0.3) is 0 Å². The van der Waals surface area contributed by atoms with Gasteiger partial charge in [0.1, 0.15) is 11.2 Å². The summed E-state index contributed by atoms with van der Waals surface area (Å²) in [5.41, 5.74) is 16.3. The van der Waals surface area contributed by atoms with E-state index in [1.807, 2.05) is 24.3 Å². The molecular formula is C47H28N2O. The van der Waals surface area contributed by atoms with Gasteiger partial charge in [-0.05, 0) is 62.7 Å². The third-order valence-corrected chi connectivity index (χ3v) is 10.7. The molecule has 3 nitrogen and oxygen atoms in total. The fraction of sp³-hybridized carbons (Fsp3) is 0.0213. The Bertz CT molecular complexity index is 2780. The Morgan fingerprint density at radius 2 is 0.940 bits per heavy atom. The maximum absolute atomic E-state index is 6.31. The molecule has 2 aliphatic carbocycles. The number of nitrogens with zero attached hydrogens (tertiary/aromatic N) is 2. The monoisotopic (exact) mass is 636 g/mol. The summed E-state index contributed by atoms with van der Waals surface area (Å²) >= 11 is 0. The second kappa shape index (κ2) is 10.2. The Hall–Kier alpha value is -6.58. The minimum Gasteiger partial charge on any atom is -0.456 e. The SMILES string of the molecule is c1ccc(-c2cc(-c3cccc4oc5ccccc5c34)nc(-c3cccc4c3-c3ccccc3C43c4ccccc4-c4ccccc43)n2)cc1. The van der Waals surface area contributed by atoms with Crippen LogP contribution >= 0.6 is 0 Å². The van der Waals surface area contributed by atoms with E-state index < -0.39 is 5.41 Å². The Kier molecular flexibility index (Phi) is 5.59. The first-order valence-corrected chi connectivity index (χ1v) is 17.1. The highest BCUT2D eigenvalue weighted by atomic mass is 16.3. The molecular weight excluding hydrogens is 609 g/mol. The first-order valence-electron chi connectivity index (χ1n) is 17.1. The quantitative estimate of drug-likeness (QED) is 0.194. The largest absolute Gasteiger partial charge is 0.456 e. The van der Waals surface area contributed by atoms with Crippen LogP contribution in [-0.2, 0) is 5.41 Å². The number of para-hydroxylation sites is 1. The van der Waals surface area contributed by atoms with E-state index in [1.54, 1.807) is 0 Å². The Morgan fingerprint density at radius 3 is 1.72 bits per heavy atom. The molecule has 0 saturated heterocycles. The van der Waals surface area contributed by atoms with Gasteiger partial charge in [-0.15, -0.1) is 0 Å². The third-order valence-electron chi connectivity index (χ3n) is 10.7. The molecule has 2 aliphatic rings. The average molecular weight is 637 g/mol. The van der Waals surface area contributed by atoms with Gasteiger partial charge in [-0.2, -0.15) is 0 Å². The minimum absolute atomic E-state index is 0.434. The van der Waals surface area contributed by atoms with Crippen LogP contribution in [0.1, 0.15) is 22.3 Å². The van der Waals surface area contributed by atoms with Crippen LogP contribution in [0.15, 0.2) is 174 Å². The fourth-order valence-electron chi connectivity index (χ4n) is 8.78. The van der Waals surface area contributed by atoms with E-state index in [2.05, 4.69) is 146 Å². The van der Waals surface area contributed by atoms with Gasteiger partial charge in [-0.3, -0.25) is 0 Å². The van der Waals surface area contributed by atoms with Gasteiger partial charge in [0, 0.05) is 27.5 Å². The van der Waals surface area contributed by atoms with Crippen LogP contribution in [0.2, 0.25) is 0 Å². The molecule has 0 radical (unpaired) electrons. The van der Waals surface area contributed by atoms with Crippen LogP contribution in [0.3, 0.4) is 0 Å². The summed E-state index contributed by atoms with van der Waals surface area (Å²) in [6.45, 7) is 0. The van der Waals surface area contributed by atoms with Gasteiger partial charge in [0.15, 0.2) is 5.82 Å². The summed E-state index contributed by atoms with van der Waals surface area (Å²) in [7, 11) is 0. The summed E-state index contributed by atoms with van der Waals surface area (Å²) in [5.74, 6) is 0.703. The van der Waals surface area contributed by atoms with E-state index in [0.29, 0.717) is 5.82 Å². The molecule has 1 spiro atoms. The highest BCUT2D eigenvalue weighted by Crippen LogP contribution is 2.63. The lowest BCUT2D eigenvalue weighted by atomic mass is 9.70. The number of rotatable bonds is 3. The highest BCUT2D eigenvalue weighted by Gasteiger charge is 2.52. The van der Waals surface area contributed by atoms with Crippen molar-refractivity contribution >= 4 is 21.9 Å². The maximum Gasteiger partial charge on any atom is 0.161 e. The molecule has 0 amide bonds. The molecule has 0 saturated carbocycles. The van der Waals surface area contributed by atoms with Crippen LogP contribution < -0.4 is 0 Å². The Balaban J connectivity index is 1.22. The third kappa shape index (κ3) is 3.58. The zero-order valence-electron chi connectivity index (χ0n) is 27.0. The summed E-state index contributed by atoms with van der Waals surface area (Å²) in [4.78, 5) is 10.8. The van der Waals surface area contributed by atoms with Crippen molar-refractivity contribution in [3.8, 4) is 56.2 Å². The number of hydrogen-bond donors (Lipinski definition) is 0. The second-order valence-electron chi connectivity index (χ2n) is 13.2. The zero-order valence-corrected chi connectivity index (χ0v) is 27.0. The molecule has 7 aromatic carbocycles. The van der Waals surface area contributed by atoms with E-state index in [0.717, 1.165) is 50.0 Å². The van der Waals surface area contributed by atoms with E-state index in [4.69, 9.17) is 14.4 Å². The normalized spacial score (nSPS) is 13.4. The molecule has 0 bridgehead atoms. The molecule has 3 heteroatoms. The van der Waals surface area contributed by atoms with E-state index in [1.165, 1.54) is 44.5 Å². The lowest BCUT2D eigenvalue weighted by Crippen LogP contribution is -2.25. The predicted molar refractivity (Wildman–Crippen MR) is 202 cm³/mol. The van der Waals surface area contributed by atoms with Gasteiger partial charge in [0.05, 0.1) is 16.8 Å². The average Bonchev–Trinajstić information content (AvgIpc) is 3.82. The molecule has 232 valence electrons. The summed E-state index contributed by atoms with van der Waals surface area (Å²) in [6, 6.07) is 60.5. The highest BCUT2D eigenvalue weighted by molar-refractivity contribution is 6.12.